The summed E-state index contributed by atoms with van der Waals surface area (Å²) in [4.78, 5) is 32.4. The number of nitrogens with zero attached hydrogens (tertiary/aromatic N) is 3. The second-order valence-corrected chi connectivity index (χ2v) is 8.68. The van der Waals surface area contributed by atoms with Gasteiger partial charge in [-0.15, -0.1) is 0 Å². The summed E-state index contributed by atoms with van der Waals surface area (Å²) in [6.07, 6.45) is 0. The fourth-order valence-corrected chi connectivity index (χ4v) is 4.47. The van der Waals surface area contributed by atoms with Gasteiger partial charge in [0.05, 0.1) is 33.5 Å². The molecule has 0 bridgehead atoms. The number of aryl methyl sites for hydroxylation is 1. The minimum Gasteiger partial charge on any atom is -0.327 e. The number of H-pyrrole nitrogens is 2. The summed E-state index contributed by atoms with van der Waals surface area (Å²) >= 11 is 0. The van der Waals surface area contributed by atoms with E-state index < -0.39 is 21.1 Å². The lowest BCUT2D eigenvalue weighted by atomic mass is 10.3. The monoisotopic (exact) mass is 413 g/mol. The molecule has 0 aliphatic heterocycles. The van der Waals surface area contributed by atoms with E-state index >= 15 is 0 Å². The van der Waals surface area contributed by atoms with Crippen molar-refractivity contribution in [2.45, 2.75) is 24.9 Å². The Bertz CT molecular complexity index is 1450. The third-order valence-electron chi connectivity index (χ3n) is 4.82. The fraction of sp³-hybridized carbons (Fsp3) is 0.211. The van der Waals surface area contributed by atoms with Gasteiger partial charge < -0.3 is 14.5 Å². The maximum absolute atomic E-state index is 13.1. The summed E-state index contributed by atoms with van der Waals surface area (Å²) in [5, 5.41) is 0. The van der Waals surface area contributed by atoms with Crippen molar-refractivity contribution in [2.24, 2.45) is 0 Å². The number of sulfonamides is 1. The molecule has 0 aliphatic rings. The van der Waals surface area contributed by atoms with Gasteiger partial charge in [-0.25, -0.2) is 13.4 Å². The smallest absolute Gasteiger partial charge is 0.314 e. The number of para-hydroxylation sites is 2. The van der Waals surface area contributed by atoms with Gasteiger partial charge in [-0.3, -0.25) is 9.59 Å². The average molecular weight is 413 g/mol. The van der Waals surface area contributed by atoms with Crippen molar-refractivity contribution in [3.05, 3.63) is 69.0 Å². The molecule has 0 amide bonds. The van der Waals surface area contributed by atoms with Crippen LogP contribution in [0, 0.1) is 0 Å². The van der Waals surface area contributed by atoms with Gasteiger partial charge in [0.1, 0.15) is 5.82 Å². The molecule has 2 aromatic carbocycles. The predicted octanol–water partition coefficient (Wildman–Crippen LogP) is 1.41. The average Bonchev–Trinajstić information content (AvgIpc) is 3.05. The molecule has 2 aromatic heterocycles. The van der Waals surface area contributed by atoms with E-state index in [0.717, 1.165) is 11.0 Å². The molecule has 0 fully saturated rings. The van der Waals surface area contributed by atoms with E-state index in [0.29, 0.717) is 17.9 Å². The van der Waals surface area contributed by atoms with Crippen molar-refractivity contribution in [1.29, 1.82) is 0 Å². The molecule has 0 saturated carbocycles. The largest absolute Gasteiger partial charge is 0.327 e. The third kappa shape index (κ3) is 3.26. The molecule has 150 valence electrons. The fourth-order valence-electron chi connectivity index (χ4n) is 3.32. The normalized spacial score (nSPS) is 12.2. The number of hydrogen-bond donors (Lipinski definition) is 2. The van der Waals surface area contributed by atoms with E-state index in [4.69, 9.17) is 0 Å². The van der Waals surface area contributed by atoms with Crippen molar-refractivity contribution >= 4 is 32.1 Å². The molecule has 9 nitrogen and oxygen atoms in total. The Morgan fingerprint density at radius 3 is 2.45 bits per heavy atom. The lowest BCUT2D eigenvalue weighted by Crippen LogP contribution is -2.30. The standard InChI is InChI=1S/C19H19N5O4S/c1-3-24-16-7-5-4-6-14(16)20-17(24)11-23(2)29(27,28)12-8-9-13-15(10-12)22-19(26)18(25)21-13/h4-10H,3,11H2,1-2H3,(H,21,25)(H,22,26). The summed E-state index contributed by atoms with van der Waals surface area (Å²) < 4.78 is 29.3. The zero-order valence-electron chi connectivity index (χ0n) is 15.8. The molecule has 10 heteroatoms. The molecule has 0 spiro atoms. The molecule has 2 heterocycles. The second-order valence-electron chi connectivity index (χ2n) is 6.64. The zero-order valence-corrected chi connectivity index (χ0v) is 16.7. The highest BCUT2D eigenvalue weighted by Crippen LogP contribution is 2.22. The molecule has 4 rings (SSSR count). The molecule has 4 aromatic rings. The highest BCUT2D eigenvalue weighted by Gasteiger charge is 2.24. The highest BCUT2D eigenvalue weighted by molar-refractivity contribution is 7.89. The van der Waals surface area contributed by atoms with Crippen LogP contribution >= 0.6 is 0 Å². The van der Waals surface area contributed by atoms with Crippen molar-refractivity contribution in [2.75, 3.05) is 7.05 Å². The Kier molecular flexibility index (Phi) is 4.59. The van der Waals surface area contributed by atoms with E-state index in [1.54, 1.807) is 0 Å². The van der Waals surface area contributed by atoms with Crippen LogP contribution in [-0.2, 0) is 23.1 Å². The lowest BCUT2D eigenvalue weighted by Gasteiger charge is -2.18. The van der Waals surface area contributed by atoms with Crippen molar-refractivity contribution < 1.29 is 8.42 Å². The quantitative estimate of drug-likeness (QED) is 0.479. The van der Waals surface area contributed by atoms with Crippen molar-refractivity contribution in [3.63, 3.8) is 0 Å². The number of nitrogens with one attached hydrogen (secondary N) is 2. The Morgan fingerprint density at radius 2 is 1.72 bits per heavy atom. The molecular formula is C19H19N5O4S. The first-order valence-electron chi connectivity index (χ1n) is 8.98. The van der Waals surface area contributed by atoms with Crippen LogP contribution in [0.1, 0.15) is 12.7 Å². The van der Waals surface area contributed by atoms with Crippen LogP contribution in [0.25, 0.3) is 22.1 Å². The Hall–Kier alpha value is -3.24. The first-order valence-corrected chi connectivity index (χ1v) is 10.4. The number of benzene rings is 2. The van der Waals surface area contributed by atoms with Crippen LogP contribution in [0.15, 0.2) is 56.9 Å². The molecule has 29 heavy (non-hydrogen) atoms. The van der Waals surface area contributed by atoms with Crippen LogP contribution < -0.4 is 11.1 Å². The topological polar surface area (TPSA) is 121 Å². The molecule has 0 saturated heterocycles. The van der Waals surface area contributed by atoms with Crippen LogP contribution in [-0.4, -0.2) is 39.3 Å². The molecule has 0 radical (unpaired) electrons. The minimum absolute atomic E-state index is 0.00867. The number of hydrogen-bond acceptors (Lipinski definition) is 5. The van der Waals surface area contributed by atoms with E-state index in [1.807, 2.05) is 35.8 Å². The van der Waals surface area contributed by atoms with Gasteiger partial charge in [0.25, 0.3) is 0 Å². The maximum atomic E-state index is 13.1. The van der Waals surface area contributed by atoms with Gasteiger partial charge in [-0.1, -0.05) is 12.1 Å². The summed E-state index contributed by atoms with van der Waals surface area (Å²) in [7, 11) is -2.37. The number of aromatic nitrogens is 4. The third-order valence-corrected chi connectivity index (χ3v) is 6.62. The minimum atomic E-state index is -3.85. The summed E-state index contributed by atoms with van der Waals surface area (Å²) in [5.74, 6) is 0.637. The summed E-state index contributed by atoms with van der Waals surface area (Å²) in [6, 6.07) is 11.8. The van der Waals surface area contributed by atoms with E-state index in [-0.39, 0.29) is 17.0 Å². The predicted molar refractivity (Wildman–Crippen MR) is 109 cm³/mol. The van der Waals surface area contributed by atoms with Gasteiger partial charge in [-0.2, -0.15) is 4.31 Å². The highest BCUT2D eigenvalue weighted by atomic mass is 32.2. The lowest BCUT2D eigenvalue weighted by molar-refractivity contribution is 0.449. The molecule has 2 N–H and O–H groups in total. The van der Waals surface area contributed by atoms with Gasteiger partial charge in [0.2, 0.25) is 10.0 Å². The first-order chi connectivity index (χ1) is 13.8. The van der Waals surface area contributed by atoms with E-state index in [2.05, 4.69) is 15.0 Å². The van der Waals surface area contributed by atoms with Gasteiger partial charge in [-0.05, 0) is 37.3 Å². The number of aromatic amines is 2. The Labute approximate surface area is 165 Å². The van der Waals surface area contributed by atoms with E-state index in [9.17, 15) is 18.0 Å². The van der Waals surface area contributed by atoms with Gasteiger partial charge in [0.15, 0.2) is 0 Å². The van der Waals surface area contributed by atoms with Crippen LogP contribution in [0.4, 0.5) is 0 Å². The molecule has 0 unspecified atom stereocenters. The maximum Gasteiger partial charge on any atom is 0.314 e. The van der Waals surface area contributed by atoms with E-state index in [1.165, 1.54) is 29.6 Å². The van der Waals surface area contributed by atoms with Crippen molar-refractivity contribution in [3.8, 4) is 0 Å². The van der Waals surface area contributed by atoms with Gasteiger partial charge in [0, 0.05) is 13.6 Å². The Balaban J connectivity index is 1.72. The first kappa shape index (κ1) is 19.1. The van der Waals surface area contributed by atoms with Gasteiger partial charge >= 0.3 is 11.1 Å². The van der Waals surface area contributed by atoms with Crippen LogP contribution in [0.2, 0.25) is 0 Å². The molecule has 0 aliphatic carbocycles. The number of rotatable bonds is 5. The number of imidazole rings is 1. The second kappa shape index (κ2) is 6.98. The summed E-state index contributed by atoms with van der Waals surface area (Å²) in [6.45, 7) is 2.73. The molecule has 0 atom stereocenters. The molecular weight excluding hydrogens is 394 g/mol. The van der Waals surface area contributed by atoms with Crippen molar-refractivity contribution in [1.82, 2.24) is 23.8 Å². The SMILES string of the molecule is CCn1c(CN(C)S(=O)(=O)c2ccc3[nH]c(=O)c(=O)[nH]c3c2)nc2ccccc21. The van der Waals surface area contributed by atoms with Crippen LogP contribution in [0.5, 0.6) is 0 Å². The summed E-state index contributed by atoms with van der Waals surface area (Å²) in [5.41, 5.74) is 0.722. The zero-order chi connectivity index (χ0) is 20.8. The Morgan fingerprint density at radius 1 is 1.03 bits per heavy atom. The van der Waals surface area contributed by atoms with Crippen LogP contribution in [0.3, 0.4) is 0 Å². The number of fused-ring (bicyclic) bond motifs is 2.